The van der Waals surface area contributed by atoms with Gasteiger partial charge in [-0.2, -0.15) is 0 Å². The minimum absolute atomic E-state index is 0.155. The second-order valence-corrected chi connectivity index (χ2v) is 8.91. The van der Waals surface area contributed by atoms with Crippen molar-refractivity contribution in [2.75, 3.05) is 18.1 Å². The number of rotatable bonds is 8. The zero-order valence-corrected chi connectivity index (χ0v) is 20.0. The number of benzene rings is 2. The number of ether oxygens (including phenoxy) is 1. The number of nitrogens with zero attached hydrogens (tertiary/aromatic N) is 4. The highest BCUT2D eigenvalue weighted by molar-refractivity contribution is 5.97. The van der Waals surface area contributed by atoms with E-state index in [0.29, 0.717) is 31.1 Å². The van der Waals surface area contributed by atoms with E-state index in [1.54, 1.807) is 41.2 Å². The summed E-state index contributed by atoms with van der Waals surface area (Å²) in [5.41, 5.74) is 1.68. The molecule has 0 aliphatic carbocycles. The normalized spacial score (nSPS) is 17.4. The van der Waals surface area contributed by atoms with Crippen LogP contribution in [0.2, 0.25) is 0 Å². The third-order valence-electron chi connectivity index (χ3n) is 6.40. The lowest BCUT2D eigenvalue weighted by Gasteiger charge is -2.25. The second-order valence-electron chi connectivity index (χ2n) is 8.91. The molecule has 0 spiro atoms. The number of carbonyl (C=O) groups excluding carboxylic acids is 1. The quantitative estimate of drug-likeness (QED) is 0.354. The van der Waals surface area contributed by atoms with Crippen LogP contribution < -0.4 is 15.0 Å². The highest BCUT2D eigenvalue weighted by atomic mass is 19.1. The lowest BCUT2D eigenvalue weighted by atomic mass is 10.0. The minimum Gasteiger partial charge on any atom is -0.504 e. The van der Waals surface area contributed by atoms with Crippen molar-refractivity contribution in [3.05, 3.63) is 83.9 Å². The van der Waals surface area contributed by atoms with Crippen molar-refractivity contribution in [3.63, 3.8) is 0 Å². The molecule has 0 radical (unpaired) electrons. The maximum atomic E-state index is 14.1. The molecule has 9 heteroatoms. The lowest BCUT2D eigenvalue weighted by Crippen LogP contribution is -2.37. The van der Waals surface area contributed by atoms with E-state index < -0.39 is 5.91 Å². The van der Waals surface area contributed by atoms with Gasteiger partial charge >= 0.3 is 0 Å². The fourth-order valence-corrected chi connectivity index (χ4v) is 4.59. The Morgan fingerprint density at radius 2 is 2.08 bits per heavy atom. The smallest absolute Gasteiger partial charge is 0.255 e. The van der Waals surface area contributed by atoms with Crippen LogP contribution in [0.1, 0.15) is 48.1 Å². The first kappa shape index (κ1) is 23.6. The van der Waals surface area contributed by atoms with Gasteiger partial charge in [0.1, 0.15) is 11.6 Å². The molecule has 2 aromatic heterocycles. The number of imidazole rings is 1. The Kier molecular flexibility index (Phi) is 6.71. The number of phenols is 1. The van der Waals surface area contributed by atoms with E-state index in [1.165, 1.54) is 12.1 Å². The predicted octanol–water partition coefficient (Wildman–Crippen LogP) is 4.50. The van der Waals surface area contributed by atoms with E-state index >= 15 is 0 Å². The van der Waals surface area contributed by atoms with Crippen molar-refractivity contribution in [3.8, 4) is 11.5 Å². The summed E-state index contributed by atoms with van der Waals surface area (Å²) in [6, 6.07) is 14.7. The molecule has 186 valence electrons. The van der Waals surface area contributed by atoms with Gasteiger partial charge in [-0.3, -0.25) is 4.79 Å². The van der Waals surface area contributed by atoms with E-state index in [1.807, 2.05) is 18.2 Å². The van der Waals surface area contributed by atoms with Crippen molar-refractivity contribution in [1.82, 2.24) is 19.9 Å². The van der Waals surface area contributed by atoms with Gasteiger partial charge in [-0.15, -0.1) is 5.10 Å². The monoisotopic (exact) mass is 489 g/mol. The van der Waals surface area contributed by atoms with Crippen LogP contribution in [0.4, 0.5) is 10.2 Å². The summed E-state index contributed by atoms with van der Waals surface area (Å²) in [7, 11) is 0. The molecule has 8 nitrogen and oxygen atoms in total. The zero-order chi connectivity index (χ0) is 25.1. The fourth-order valence-electron chi connectivity index (χ4n) is 4.59. The Balaban J connectivity index is 1.39. The number of fused-ring (bicyclic) bond motifs is 1. The fraction of sp³-hybridized carbons (Fsp3) is 0.296. The minimum atomic E-state index is -0.392. The Bertz CT molecular complexity index is 1370. The number of hydrogen-bond donors (Lipinski definition) is 2. The number of hydrogen-bond acceptors (Lipinski definition) is 6. The van der Waals surface area contributed by atoms with E-state index in [-0.39, 0.29) is 29.2 Å². The van der Waals surface area contributed by atoms with Gasteiger partial charge in [0.05, 0.1) is 18.2 Å². The van der Waals surface area contributed by atoms with Crippen LogP contribution in [0, 0.1) is 5.82 Å². The van der Waals surface area contributed by atoms with Gasteiger partial charge in [-0.05, 0) is 54.8 Å². The Labute approximate surface area is 208 Å². The predicted molar refractivity (Wildman–Crippen MR) is 134 cm³/mol. The van der Waals surface area contributed by atoms with Crippen molar-refractivity contribution in [2.24, 2.45) is 0 Å². The SMILES string of the molecule is CCCCOc1cccc(C(=O)NC2C[C@H](c3cccc(F)c3)N(c3ccc4nccn4n3)C2)c1O. The lowest BCUT2D eigenvalue weighted by molar-refractivity contribution is 0.0936. The van der Waals surface area contributed by atoms with Gasteiger partial charge in [0.2, 0.25) is 0 Å². The van der Waals surface area contributed by atoms with Crippen LogP contribution in [-0.2, 0) is 0 Å². The molecule has 1 aliphatic heterocycles. The number of aromatic hydroxyl groups is 1. The van der Waals surface area contributed by atoms with E-state index in [9.17, 15) is 14.3 Å². The molecular weight excluding hydrogens is 461 g/mol. The number of aromatic nitrogens is 3. The molecule has 4 aromatic rings. The molecule has 1 saturated heterocycles. The summed E-state index contributed by atoms with van der Waals surface area (Å²) < 4.78 is 21.4. The third kappa shape index (κ3) is 4.82. The van der Waals surface area contributed by atoms with Crippen LogP contribution >= 0.6 is 0 Å². The summed E-state index contributed by atoms with van der Waals surface area (Å²) in [5.74, 6) is 0.106. The van der Waals surface area contributed by atoms with Gasteiger partial charge in [-0.1, -0.05) is 31.5 Å². The Hall–Kier alpha value is -4.14. The number of carbonyl (C=O) groups is 1. The van der Waals surface area contributed by atoms with Crippen LogP contribution in [0.25, 0.3) is 5.65 Å². The topological polar surface area (TPSA) is 92.0 Å². The molecular formula is C27H28FN5O3. The van der Waals surface area contributed by atoms with Gasteiger partial charge < -0.3 is 20.1 Å². The second kappa shape index (κ2) is 10.2. The van der Waals surface area contributed by atoms with Crippen LogP contribution in [-0.4, -0.2) is 44.8 Å². The summed E-state index contributed by atoms with van der Waals surface area (Å²) in [5, 5.41) is 18.4. The van der Waals surface area contributed by atoms with Crippen molar-refractivity contribution in [1.29, 1.82) is 0 Å². The molecule has 1 fully saturated rings. The summed E-state index contributed by atoms with van der Waals surface area (Å²) in [6.45, 7) is 2.99. The number of anilines is 1. The zero-order valence-electron chi connectivity index (χ0n) is 20.0. The van der Waals surface area contributed by atoms with Crippen molar-refractivity contribution in [2.45, 2.75) is 38.3 Å². The summed E-state index contributed by atoms with van der Waals surface area (Å²) >= 11 is 0. The maximum Gasteiger partial charge on any atom is 0.255 e. The van der Waals surface area contributed by atoms with E-state index in [4.69, 9.17) is 4.74 Å². The van der Waals surface area contributed by atoms with Crippen molar-refractivity contribution >= 4 is 17.4 Å². The number of para-hydroxylation sites is 1. The van der Waals surface area contributed by atoms with Crippen LogP contribution in [0.3, 0.4) is 0 Å². The van der Waals surface area contributed by atoms with Crippen LogP contribution in [0.5, 0.6) is 11.5 Å². The maximum absolute atomic E-state index is 14.1. The summed E-state index contributed by atoms with van der Waals surface area (Å²) in [6.07, 6.45) is 5.81. The van der Waals surface area contributed by atoms with Gasteiger partial charge in [-0.25, -0.2) is 13.9 Å². The average molecular weight is 490 g/mol. The first-order valence-electron chi connectivity index (χ1n) is 12.1. The summed E-state index contributed by atoms with van der Waals surface area (Å²) in [4.78, 5) is 19.5. The molecule has 3 heterocycles. The van der Waals surface area contributed by atoms with E-state index in [0.717, 1.165) is 24.1 Å². The molecule has 1 amide bonds. The standard InChI is InChI=1S/C27H28FN5O3/c1-2-3-14-36-23-9-5-8-21(26(23)34)27(35)30-20-16-22(18-6-4-7-19(28)15-18)32(17-20)25-11-10-24-29-12-13-33(24)31-25/h4-13,15,20,22,34H,2-3,14,16-17H2,1H3,(H,30,35)/t20?,22-/m1/s1. The molecule has 1 aliphatic rings. The van der Waals surface area contributed by atoms with Gasteiger partial charge in [0, 0.05) is 25.0 Å². The average Bonchev–Trinajstić information content (AvgIpc) is 3.52. The molecule has 2 atom stereocenters. The number of amides is 1. The van der Waals surface area contributed by atoms with E-state index in [2.05, 4.69) is 27.2 Å². The Morgan fingerprint density at radius 1 is 1.22 bits per heavy atom. The highest BCUT2D eigenvalue weighted by Gasteiger charge is 2.35. The number of nitrogens with one attached hydrogen (secondary N) is 1. The third-order valence-corrected chi connectivity index (χ3v) is 6.40. The largest absolute Gasteiger partial charge is 0.504 e. The first-order valence-corrected chi connectivity index (χ1v) is 12.1. The first-order chi connectivity index (χ1) is 17.5. The molecule has 1 unspecified atom stereocenters. The van der Waals surface area contributed by atoms with Crippen molar-refractivity contribution < 1.29 is 19.0 Å². The number of unbranched alkanes of at least 4 members (excludes halogenated alkanes) is 1. The molecule has 0 bridgehead atoms. The molecule has 36 heavy (non-hydrogen) atoms. The van der Waals surface area contributed by atoms with Gasteiger partial charge in [0.15, 0.2) is 17.1 Å². The number of phenolic OH excluding ortho intramolecular Hbond substituents is 1. The molecule has 2 aromatic carbocycles. The number of halogens is 1. The highest BCUT2D eigenvalue weighted by Crippen LogP contribution is 2.36. The van der Waals surface area contributed by atoms with Gasteiger partial charge in [0.25, 0.3) is 5.91 Å². The molecule has 5 rings (SSSR count). The van der Waals surface area contributed by atoms with Crippen LogP contribution in [0.15, 0.2) is 67.0 Å². The Morgan fingerprint density at radius 3 is 2.92 bits per heavy atom. The molecule has 2 N–H and O–H groups in total. The molecule has 0 saturated carbocycles.